The summed E-state index contributed by atoms with van der Waals surface area (Å²) in [6, 6.07) is 13.8. The molecule has 0 radical (unpaired) electrons. The third-order valence-corrected chi connectivity index (χ3v) is 4.49. The minimum atomic E-state index is -0.274. The molecule has 4 aromatic rings. The molecule has 0 atom stereocenters. The molecule has 0 bridgehead atoms. The Morgan fingerprint density at radius 3 is 2.86 bits per heavy atom. The number of anilines is 1. The van der Waals surface area contributed by atoms with Gasteiger partial charge in [0.2, 0.25) is 0 Å². The number of rotatable bonds is 6. The Labute approximate surface area is 161 Å². The van der Waals surface area contributed by atoms with Gasteiger partial charge in [-0.2, -0.15) is 5.10 Å². The molecule has 0 fully saturated rings. The molecule has 2 aromatic carbocycles. The van der Waals surface area contributed by atoms with E-state index in [1.54, 1.807) is 30.3 Å². The van der Waals surface area contributed by atoms with Gasteiger partial charge in [-0.3, -0.25) is 9.89 Å². The molecule has 28 heavy (non-hydrogen) atoms. The van der Waals surface area contributed by atoms with Crippen molar-refractivity contribution >= 4 is 22.6 Å². The molecule has 142 valence electrons. The van der Waals surface area contributed by atoms with Gasteiger partial charge >= 0.3 is 0 Å². The summed E-state index contributed by atoms with van der Waals surface area (Å²) in [4.78, 5) is 20.1. The number of amides is 1. The van der Waals surface area contributed by atoms with Crippen LogP contribution in [0.5, 0.6) is 0 Å². The molecule has 2 heterocycles. The number of H-pyrrole nitrogens is 2. The number of fused-ring (bicyclic) bond motifs is 1. The van der Waals surface area contributed by atoms with Crippen LogP contribution in [0.15, 0.2) is 48.5 Å². The van der Waals surface area contributed by atoms with Gasteiger partial charge in [0.25, 0.3) is 5.91 Å². The second kappa shape index (κ2) is 7.64. The van der Waals surface area contributed by atoms with E-state index in [2.05, 4.69) is 32.4 Å². The number of hydrogen-bond acceptors (Lipinski definition) is 3. The predicted molar refractivity (Wildman–Crippen MR) is 106 cm³/mol. The molecule has 0 saturated heterocycles. The highest BCUT2D eigenvalue weighted by Gasteiger charge is 2.12. The molecule has 0 aliphatic heterocycles. The van der Waals surface area contributed by atoms with Gasteiger partial charge in [-0.25, -0.2) is 9.37 Å². The lowest BCUT2D eigenvalue weighted by atomic mass is 10.1. The van der Waals surface area contributed by atoms with Gasteiger partial charge < -0.3 is 10.3 Å². The summed E-state index contributed by atoms with van der Waals surface area (Å²) in [6.07, 6.45) is 2.21. The number of carbonyl (C=O) groups is 1. The van der Waals surface area contributed by atoms with E-state index in [0.717, 1.165) is 29.6 Å². The molecular weight excluding hydrogens is 357 g/mol. The second-order valence-electron chi connectivity index (χ2n) is 6.67. The Morgan fingerprint density at radius 2 is 2.04 bits per heavy atom. The van der Waals surface area contributed by atoms with E-state index in [0.29, 0.717) is 29.2 Å². The van der Waals surface area contributed by atoms with Gasteiger partial charge in [0, 0.05) is 17.8 Å². The third kappa shape index (κ3) is 3.78. The summed E-state index contributed by atoms with van der Waals surface area (Å²) in [5.41, 5.74) is 4.05. The Balaban J connectivity index is 1.51. The standard InChI is InChI=1S/C21H20FN5O/c1-2-5-15-12-19(27-26-15)21(28)23-14-8-9-17-18(11-14)25-20(24-17)10-13-6-3-4-7-16(13)22/h3-4,6-9,11-12H,2,5,10H2,1H3,(H,23,28)(H,24,25)(H,26,27). The lowest BCUT2D eigenvalue weighted by Crippen LogP contribution is -2.12. The van der Waals surface area contributed by atoms with Crippen LogP contribution >= 0.6 is 0 Å². The number of nitrogens with one attached hydrogen (secondary N) is 3. The molecule has 0 aliphatic rings. The smallest absolute Gasteiger partial charge is 0.276 e. The Hall–Kier alpha value is -3.48. The monoisotopic (exact) mass is 377 g/mol. The largest absolute Gasteiger partial charge is 0.342 e. The number of halogens is 1. The van der Waals surface area contributed by atoms with E-state index in [1.165, 1.54) is 6.07 Å². The molecule has 0 saturated carbocycles. The van der Waals surface area contributed by atoms with Crippen LogP contribution in [0.2, 0.25) is 0 Å². The van der Waals surface area contributed by atoms with Gasteiger partial charge in [0.1, 0.15) is 11.6 Å². The van der Waals surface area contributed by atoms with Crippen LogP contribution < -0.4 is 5.32 Å². The highest BCUT2D eigenvalue weighted by atomic mass is 19.1. The van der Waals surface area contributed by atoms with Gasteiger partial charge in [0.15, 0.2) is 5.69 Å². The molecular formula is C21H20FN5O. The summed E-state index contributed by atoms with van der Waals surface area (Å²) < 4.78 is 13.9. The lowest BCUT2D eigenvalue weighted by Gasteiger charge is -2.02. The fourth-order valence-corrected chi connectivity index (χ4v) is 3.12. The predicted octanol–water partition coefficient (Wildman–Crippen LogP) is 4.22. The van der Waals surface area contributed by atoms with E-state index in [1.807, 2.05) is 12.1 Å². The van der Waals surface area contributed by atoms with Crippen LogP contribution in [-0.4, -0.2) is 26.1 Å². The number of imidazole rings is 1. The summed E-state index contributed by atoms with van der Waals surface area (Å²) in [5, 5.41) is 9.78. The van der Waals surface area contributed by atoms with Crippen molar-refractivity contribution in [2.45, 2.75) is 26.2 Å². The van der Waals surface area contributed by atoms with Crippen molar-refractivity contribution in [3.05, 3.63) is 77.1 Å². The van der Waals surface area contributed by atoms with E-state index in [4.69, 9.17) is 0 Å². The third-order valence-electron chi connectivity index (χ3n) is 4.49. The number of aromatic amines is 2. The SMILES string of the molecule is CCCc1cc(C(=O)Nc2ccc3nc(Cc4ccccc4F)[nH]c3c2)n[nH]1. The average molecular weight is 377 g/mol. The highest BCUT2D eigenvalue weighted by Crippen LogP contribution is 2.20. The molecule has 2 aromatic heterocycles. The second-order valence-corrected chi connectivity index (χ2v) is 6.67. The minimum absolute atomic E-state index is 0.252. The van der Waals surface area contributed by atoms with Crippen molar-refractivity contribution in [3.63, 3.8) is 0 Å². The van der Waals surface area contributed by atoms with Crippen molar-refractivity contribution in [2.75, 3.05) is 5.32 Å². The van der Waals surface area contributed by atoms with Crippen LogP contribution in [0.4, 0.5) is 10.1 Å². The minimum Gasteiger partial charge on any atom is -0.342 e. The molecule has 3 N–H and O–H groups in total. The summed E-state index contributed by atoms with van der Waals surface area (Å²) in [5.74, 6) is 0.140. The summed E-state index contributed by atoms with van der Waals surface area (Å²) in [6.45, 7) is 2.07. The van der Waals surface area contributed by atoms with Crippen LogP contribution in [0.3, 0.4) is 0 Å². The summed E-state index contributed by atoms with van der Waals surface area (Å²) in [7, 11) is 0. The van der Waals surface area contributed by atoms with Crippen LogP contribution in [0.25, 0.3) is 11.0 Å². The maximum Gasteiger partial charge on any atom is 0.276 e. The van der Waals surface area contributed by atoms with Crippen molar-refractivity contribution in [3.8, 4) is 0 Å². The molecule has 4 rings (SSSR count). The first kappa shape index (κ1) is 17.9. The molecule has 0 unspecified atom stereocenters. The number of benzene rings is 2. The Bertz CT molecular complexity index is 1130. The Kier molecular flexibility index (Phi) is 4.89. The van der Waals surface area contributed by atoms with Crippen LogP contribution in [0, 0.1) is 5.82 Å². The number of carbonyl (C=O) groups excluding carboxylic acids is 1. The highest BCUT2D eigenvalue weighted by molar-refractivity contribution is 6.03. The van der Waals surface area contributed by atoms with Crippen LogP contribution in [-0.2, 0) is 12.8 Å². The molecule has 1 amide bonds. The first-order valence-electron chi connectivity index (χ1n) is 9.20. The topological polar surface area (TPSA) is 86.5 Å². The van der Waals surface area contributed by atoms with Gasteiger partial charge in [-0.1, -0.05) is 31.5 Å². The van der Waals surface area contributed by atoms with E-state index < -0.39 is 0 Å². The van der Waals surface area contributed by atoms with Crippen molar-refractivity contribution in [2.24, 2.45) is 0 Å². The number of nitrogens with zero attached hydrogens (tertiary/aromatic N) is 2. The molecule has 6 nitrogen and oxygen atoms in total. The van der Waals surface area contributed by atoms with Gasteiger partial charge in [-0.15, -0.1) is 0 Å². The maximum absolute atomic E-state index is 13.9. The van der Waals surface area contributed by atoms with Gasteiger partial charge in [-0.05, 0) is 42.3 Å². The first-order valence-corrected chi connectivity index (χ1v) is 9.20. The fourth-order valence-electron chi connectivity index (χ4n) is 3.12. The molecule has 0 spiro atoms. The fraction of sp³-hybridized carbons (Fsp3) is 0.190. The van der Waals surface area contributed by atoms with Crippen molar-refractivity contribution in [1.82, 2.24) is 20.2 Å². The van der Waals surface area contributed by atoms with Gasteiger partial charge in [0.05, 0.1) is 11.0 Å². The number of hydrogen-bond donors (Lipinski definition) is 3. The van der Waals surface area contributed by atoms with E-state index >= 15 is 0 Å². The van der Waals surface area contributed by atoms with Crippen LogP contribution in [0.1, 0.15) is 40.9 Å². The normalized spacial score (nSPS) is 11.1. The lowest BCUT2D eigenvalue weighted by molar-refractivity contribution is 0.102. The quantitative estimate of drug-likeness (QED) is 0.470. The zero-order valence-electron chi connectivity index (χ0n) is 15.4. The van der Waals surface area contributed by atoms with Crippen molar-refractivity contribution < 1.29 is 9.18 Å². The maximum atomic E-state index is 13.9. The zero-order chi connectivity index (χ0) is 19.5. The Morgan fingerprint density at radius 1 is 1.18 bits per heavy atom. The molecule has 7 heteroatoms. The van der Waals surface area contributed by atoms with E-state index in [-0.39, 0.29) is 11.7 Å². The number of aryl methyl sites for hydroxylation is 1. The average Bonchev–Trinajstić information content (AvgIpc) is 3.30. The summed E-state index contributed by atoms with van der Waals surface area (Å²) >= 11 is 0. The van der Waals surface area contributed by atoms with E-state index in [9.17, 15) is 9.18 Å². The molecule has 0 aliphatic carbocycles. The van der Waals surface area contributed by atoms with Crippen molar-refractivity contribution in [1.29, 1.82) is 0 Å². The number of aromatic nitrogens is 4. The zero-order valence-corrected chi connectivity index (χ0v) is 15.4. The first-order chi connectivity index (χ1) is 13.6.